The molecule has 1 fully saturated rings. The molecule has 1 aliphatic heterocycles. The summed E-state index contributed by atoms with van der Waals surface area (Å²) in [6.45, 7) is 6.06. The van der Waals surface area contributed by atoms with Crippen molar-refractivity contribution < 1.29 is 4.79 Å². The topological polar surface area (TPSA) is 41.1 Å². The Kier molecular flexibility index (Phi) is 6.08. The van der Waals surface area contributed by atoms with Gasteiger partial charge >= 0.3 is 0 Å². The molecule has 1 aliphatic rings. The fourth-order valence-electron chi connectivity index (χ4n) is 1.53. The van der Waals surface area contributed by atoms with Gasteiger partial charge in [0.15, 0.2) is 0 Å². The number of hydrogen-bond donors (Lipinski definition) is 2. The highest BCUT2D eigenvalue weighted by atomic mass is 35.5. The van der Waals surface area contributed by atoms with Crippen molar-refractivity contribution in [2.45, 2.75) is 32.7 Å². The van der Waals surface area contributed by atoms with Gasteiger partial charge in [0.25, 0.3) is 0 Å². The maximum Gasteiger partial charge on any atom is 0.220 e. The Balaban J connectivity index is 0.00000144. The van der Waals surface area contributed by atoms with Crippen LogP contribution in [-0.2, 0) is 4.79 Å². The number of amides is 1. The molecular formula is C9H19ClN2O. The molecule has 0 radical (unpaired) electrons. The molecule has 1 rings (SSSR count). The van der Waals surface area contributed by atoms with E-state index < -0.39 is 0 Å². The third-order valence-corrected chi connectivity index (χ3v) is 2.09. The van der Waals surface area contributed by atoms with Crippen molar-refractivity contribution in [2.24, 2.45) is 5.92 Å². The summed E-state index contributed by atoms with van der Waals surface area (Å²) < 4.78 is 0. The Hall–Kier alpha value is -0.280. The summed E-state index contributed by atoms with van der Waals surface area (Å²) in [4.78, 5) is 11.3. The van der Waals surface area contributed by atoms with Crippen molar-refractivity contribution in [1.29, 1.82) is 0 Å². The van der Waals surface area contributed by atoms with E-state index in [1.165, 1.54) is 0 Å². The first kappa shape index (κ1) is 12.7. The molecule has 1 amide bonds. The maximum absolute atomic E-state index is 11.3. The second kappa shape index (κ2) is 6.22. The molecule has 0 aliphatic carbocycles. The Morgan fingerprint density at radius 3 is 2.77 bits per heavy atom. The molecule has 0 aromatic rings. The van der Waals surface area contributed by atoms with Crippen molar-refractivity contribution in [2.75, 3.05) is 13.1 Å². The van der Waals surface area contributed by atoms with E-state index in [0.29, 0.717) is 12.3 Å². The standard InChI is InChI=1S/C9H18N2O.ClH/c1-7(2)11-9(12)5-8-3-4-10-6-8;/h7-8,10H,3-6H2,1-2H3,(H,11,12);1H/t8-;/m0./s1. The minimum atomic E-state index is 0. The van der Waals surface area contributed by atoms with E-state index in [2.05, 4.69) is 10.6 Å². The normalized spacial score (nSPS) is 21.3. The van der Waals surface area contributed by atoms with Gasteiger partial charge in [-0.2, -0.15) is 0 Å². The summed E-state index contributed by atoms with van der Waals surface area (Å²) in [5, 5.41) is 6.15. The molecule has 0 aromatic carbocycles. The average Bonchev–Trinajstić information content (AvgIpc) is 2.37. The monoisotopic (exact) mass is 206 g/mol. The SMILES string of the molecule is CC(C)NC(=O)C[C@@H]1CCNC1.Cl. The minimum Gasteiger partial charge on any atom is -0.354 e. The van der Waals surface area contributed by atoms with Crippen molar-refractivity contribution in [3.05, 3.63) is 0 Å². The van der Waals surface area contributed by atoms with Crippen LogP contribution < -0.4 is 10.6 Å². The largest absolute Gasteiger partial charge is 0.354 e. The number of rotatable bonds is 3. The maximum atomic E-state index is 11.3. The molecule has 0 unspecified atom stereocenters. The lowest BCUT2D eigenvalue weighted by atomic mass is 10.0. The van der Waals surface area contributed by atoms with Gasteiger partial charge in [0, 0.05) is 12.5 Å². The molecule has 78 valence electrons. The molecule has 2 N–H and O–H groups in total. The van der Waals surface area contributed by atoms with Gasteiger partial charge in [-0.25, -0.2) is 0 Å². The Bertz CT molecular complexity index is 156. The van der Waals surface area contributed by atoms with Gasteiger partial charge in [-0.05, 0) is 39.3 Å². The van der Waals surface area contributed by atoms with Crippen LogP contribution in [0.3, 0.4) is 0 Å². The average molecular weight is 207 g/mol. The number of carbonyl (C=O) groups excluding carboxylic acids is 1. The van der Waals surface area contributed by atoms with E-state index in [1.54, 1.807) is 0 Å². The summed E-state index contributed by atoms with van der Waals surface area (Å²) >= 11 is 0. The summed E-state index contributed by atoms with van der Waals surface area (Å²) in [5.41, 5.74) is 0. The molecule has 4 heteroatoms. The zero-order valence-electron chi connectivity index (χ0n) is 8.30. The first-order chi connectivity index (χ1) is 5.68. The Labute approximate surface area is 86.1 Å². The van der Waals surface area contributed by atoms with Gasteiger partial charge < -0.3 is 10.6 Å². The highest BCUT2D eigenvalue weighted by molar-refractivity contribution is 5.85. The zero-order valence-corrected chi connectivity index (χ0v) is 9.12. The lowest BCUT2D eigenvalue weighted by Crippen LogP contribution is -2.31. The van der Waals surface area contributed by atoms with Crippen molar-refractivity contribution in [3.63, 3.8) is 0 Å². The summed E-state index contributed by atoms with van der Waals surface area (Å²) in [6.07, 6.45) is 1.83. The number of hydrogen-bond acceptors (Lipinski definition) is 2. The number of carbonyl (C=O) groups is 1. The van der Waals surface area contributed by atoms with Crippen LogP contribution in [0.25, 0.3) is 0 Å². The van der Waals surface area contributed by atoms with E-state index in [-0.39, 0.29) is 24.4 Å². The second-order valence-corrected chi connectivity index (χ2v) is 3.79. The molecule has 0 aromatic heterocycles. The second-order valence-electron chi connectivity index (χ2n) is 3.79. The molecule has 1 atom stereocenters. The first-order valence-corrected chi connectivity index (χ1v) is 4.68. The van der Waals surface area contributed by atoms with Crippen molar-refractivity contribution in [1.82, 2.24) is 10.6 Å². The molecule has 13 heavy (non-hydrogen) atoms. The van der Waals surface area contributed by atoms with Gasteiger partial charge in [0.1, 0.15) is 0 Å². The molecule has 3 nitrogen and oxygen atoms in total. The van der Waals surface area contributed by atoms with Crippen LogP contribution in [0.15, 0.2) is 0 Å². The van der Waals surface area contributed by atoms with Crippen molar-refractivity contribution in [3.8, 4) is 0 Å². The summed E-state index contributed by atoms with van der Waals surface area (Å²) in [6, 6.07) is 0.270. The van der Waals surface area contributed by atoms with Gasteiger partial charge in [-0.1, -0.05) is 0 Å². The van der Waals surface area contributed by atoms with Crippen LogP contribution in [0.4, 0.5) is 0 Å². The quantitative estimate of drug-likeness (QED) is 0.722. The molecule has 0 spiro atoms. The predicted molar refractivity (Wildman–Crippen MR) is 56.1 cm³/mol. The minimum absolute atomic E-state index is 0. The van der Waals surface area contributed by atoms with E-state index in [0.717, 1.165) is 19.5 Å². The van der Waals surface area contributed by atoms with Crippen LogP contribution in [-0.4, -0.2) is 25.0 Å². The highest BCUT2D eigenvalue weighted by Crippen LogP contribution is 2.11. The van der Waals surface area contributed by atoms with Gasteiger partial charge in [0.2, 0.25) is 5.91 Å². The van der Waals surface area contributed by atoms with Gasteiger partial charge in [-0.15, -0.1) is 12.4 Å². The van der Waals surface area contributed by atoms with Crippen LogP contribution >= 0.6 is 12.4 Å². The van der Waals surface area contributed by atoms with Crippen LogP contribution in [0, 0.1) is 5.92 Å². The van der Waals surface area contributed by atoms with E-state index in [1.807, 2.05) is 13.8 Å². The predicted octanol–water partition coefficient (Wildman–Crippen LogP) is 0.932. The zero-order chi connectivity index (χ0) is 8.97. The van der Waals surface area contributed by atoms with Crippen LogP contribution in [0.1, 0.15) is 26.7 Å². The van der Waals surface area contributed by atoms with Gasteiger partial charge in [-0.3, -0.25) is 4.79 Å². The third-order valence-electron chi connectivity index (χ3n) is 2.09. The number of halogens is 1. The Morgan fingerprint density at radius 1 is 1.62 bits per heavy atom. The fourth-order valence-corrected chi connectivity index (χ4v) is 1.53. The van der Waals surface area contributed by atoms with Crippen LogP contribution in [0.5, 0.6) is 0 Å². The van der Waals surface area contributed by atoms with Crippen LogP contribution in [0.2, 0.25) is 0 Å². The molecular weight excluding hydrogens is 188 g/mol. The highest BCUT2D eigenvalue weighted by Gasteiger charge is 2.17. The lowest BCUT2D eigenvalue weighted by Gasteiger charge is -2.11. The van der Waals surface area contributed by atoms with E-state index >= 15 is 0 Å². The molecule has 0 bridgehead atoms. The molecule has 1 heterocycles. The summed E-state index contributed by atoms with van der Waals surface area (Å²) in [7, 11) is 0. The third kappa shape index (κ3) is 5.11. The first-order valence-electron chi connectivity index (χ1n) is 4.68. The molecule has 0 saturated carbocycles. The lowest BCUT2D eigenvalue weighted by molar-refractivity contribution is -0.122. The van der Waals surface area contributed by atoms with Crippen molar-refractivity contribution >= 4 is 18.3 Å². The van der Waals surface area contributed by atoms with Gasteiger partial charge in [0.05, 0.1) is 0 Å². The molecule has 1 saturated heterocycles. The Morgan fingerprint density at radius 2 is 2.31 bits per heavy atom. The number of nitrogens with one attached hydrogen (secondary N) is 2. The smallest absolute Gasteiger partial charge is 0.220 e. The van der Waals surface area contributed by atoms with E-state index in [4.69, 9.17) is 0 Å². The fraction of sp³-hybridized carbons (Fsp3) is 0.889. The summed E-state index contributed by atoms with van der Waals surface area (Å²) in [5.74, 6) is 0.752. The van der Waals surface area contributed by atoms with E-state index in [9.17, 15) is 4.79 Å².